The number of sulfone groups is 1. The molecule has 0 unspecified atom stereocenters. The molecule has 0 aromatic carbocycles. The first-order valence-corrected chi connectivity index (χ1v) is 12.2. The molecule has 0 aliphatic carbocycles. The van der Waals surface area contributed by atoms with Crippen LogP contribution in [0.25, 0.3) is 0 Å². The zero-order valence-corrected chi connectivity index (χ0v) is 19.7. The largest absolute Gasteiger partial charge is 0.473 e. The molecule has 176 valence electrons. The summed E-state index contributed by atoms with van der Waals surface area (Å²) < 4.78 is 34.5. The van der Waals surface area contributed by atoms with Crippen molar-refractivity contribution in [1.29, 1.82) is 5.26 Å². The maximum Gasteiger partial charge on any atom is 0.410 e. The Morgan fingerprint density at radius 1 is 1.21 bits per heavy atom. The summed E-state index contributed by atoms with van der Waals surface area (Å²) in [6.45, 7) is 6.40. The van der Waals surface area contributed by atoms with Gasteiger partial charge in [0.15, 0.2) is 26.2 Å². The van der Waals surface area contributed by atoms with Gasteiger partial charge in [-0.15, -0.1) is 0 Å². The average Bonchev–Trinajstić information content (AvgIpc) is 2.73. The van der Waals surface area contributed by atoms with Crippen molar-refractivity contribution >= 4 is 27.4 Å². The van der Waals surface area contributed by atoms with E-state index in [4.69, 9.17) is 9.47 Å². The zero-order chi connectivity index (χ0) is 24.2. The number of carbonyl (C=O) groups is 1. The van der Waals surface area contributed by atoms with Crippen LogP contribution < -0.4 is 10.1 Å². The molecular weight excluding hydrogens is 448 g/mol. The van der Waals surface area contributed by atoms with Crippen molar-refractivity contribution in [3.8, 4) is 11.9 Å². The molecule has 1 fully saturated rings. The lowest BCUT2D eigenvalue weighted by molar-refractivity contribution is 0.0123. The maximum absolute atomic E-state index is 12.2. The van der Waals surface area contributed by atoms with E-state index < -0.39 is 15.4 Å². The Kier molecular flexibility index (Phi) is 7.02. The van der Waals surface area contributed by atoms with Crippen molar-refractivity contribution in [2.75, 3.05) is 24.7 Å². The van der Waals surface area contributed by atoms with E-state index in [1.54, 1.807) is 4.90 Å². The van der Waals surface area contributed by atoms with Gasteiger partial charge in [-0.25, -0.2) is 28.2 Å². The van der Waals surface area contributed by atoms with Gasteiger partial charge in [0.25, 0.3) is 0 Å². The second kappa shape index (κ2) is 9.58. The van der Waals surface area contributed by atoms with Gasteiger partial charge in [-0.05, 0) is 32.9 Å². The fraction of sp³-hybridized carbons (Fsp3) is 0.476. The number of carbonyl (C=O) groups excluding carboxylic acids is 1. The number of pyridine rings is 1. The Bertz CT molecular complexity index is 1150. The fourth-order valence-corrected chi connectivity index (χ4v) is 3.66. The molecule has 1 saturated heterocycles. The summed E-state index contributed by atoms with van der Waals surface area (Å²) in [5, 5.41) is 12.6. The standard InChI is InChI=1S/C21H26N6O5S/c1-21(2,3)32-20(28)27-9-7-15(8-10-27)31-19-16(11-22)18(24-13-25-19)26-14-5-6-17(23-12-14)33(4,29)30/h5-6,12-13,15H,7-10H2,1-4H3,(H,24,25,26). The van der Waals surface area contributed by atoms with Gasteiger partial charge in [0.05, 0.1) is 11.9 Å². The lowest BCUT2D eigenvalue weighted by Crippen LogP contribution is -2.44. The lowest BCUT2D eigenvalue weighted by Gasteiger charge is -2.33. The smallest absolute Gasteiger partial charge is 0.410 e. The Labute approximate surface area is 192 Å². The third-order valence-electron chi connectivity index (χ3n) is 4.68. The Morgan fingerprint density at radius 2 is 1.91 bits per heavy atom. The van der Waals surface area contributed by atoms with Gasteiger partial charge in [0.1, 0.15) is 24.1 Å². The molecular formula is C21H26N6O5S. The van der Waals surface area contributed by atoms with Gasteiger partial charge in [0, 0.05) is 32.2 Å². The molecule has 0 spiro atoms. The fourth-order valence-electron chi connectivity index (χ4n) is 3.11. The number of nitrogens with zero attached hydrogens (tertiary/aromatic N) is 5. The van der Waals surface area contributed by atoms with Crippen LogP contribution in [0.3, 0.4) is 0 Å². The van der Waals surface area contributed by atoms with Crippen LogP contribution in [-0.2, 0) is 14.6 Å². The number of aromatic nitrogens is 3. The minimum Gasteiger partial charge on any atom is -0.473 e. The second-order valence-corrected chi connectivity index (χ2v) is 10.5. The number of nitriles is 1. The van der Waals surface area contributed by atoms with Gasteiger partial charge in [0.2, 0.25) is 5.88 Å². The van der Waals surface area contributed by atoms with Crippen LogP contribution in [-0.4, -0.2) is 65.4 Å². The highest BCUT2D eigenvalue weighted by Crippen LogP contribution is 2.27. The summed E-state index contributed by atoms with van der Waals surface area (Å²) >= 11 is 0. The summed E-state index contributed by atoms with van der Waals surface area (Å²) in [5.41, 5.74) is 0.00500. The molecule has 1 aliphatic heterocycles. The quantitative estimate of drug-likeness (QED) is 0.685. The van der Waals surface area contributed by atoms with Gasteiger partial charge >= 0.3 is 6.09 Å². The first-order valence-electron chi connectivity index (χ1n) is 10.3. The number of hydrogen-bond acceptors (Lipinski definition) is 10. The number of rotatable bonds is 5. The van der Waals surface area contributed by atoms with Gasteiger partial charge in [-0.1, -0.05) is 0 Å². The molecule has 0 radical (unpaired) electrons. The molecule has 2 aromatic rings. The average molecular weight is 475 g/mol. The van der Waals surface area contributed by atoms with E-state index in [0.29, 0.717) is 31.6 Å². The van der Waals surface area contributed by atoms with Crippen LogP contribution in [0, 0.1) is 11.3 Å². The number of nitrogens with one attached hydrogen (secondary N) is 1. The molecule has 0 bridgehead atoms. The van der Waals surface area contributed by atoms with E-state index in [0.717, 1.165) is 6.26 Å². The number of anilines is 2. The second-order valence-electron chi connectivity index (χ2n) is 8.58. The van der Waals surface area contributed by atoms with E-state index in [-0.39, 0.29) is 34.5 Å². The number of likely N-dealkylation sites (tertiary alicyclic amines) is 1. The summed E-state index contributed by atoms with van der Waals surface area (Å²) in [4.78, 5) is 26.0. The van der Waals surface area contributed by atoms with Crippen molar-refractivity contribution in [2.24, 2.45) is 0 Å². The first-order chi connectivity index (χ1) is 15.5. The third kappa shape index (κ3) is 6.52. The molecule has 1 aliphatic rings. The molecule has 0 atom stereocenters. The molecule has 0 saturated carbocycles. The SMILES string of the molecule is CC(C)(C)OC(=O)N1CCC(Oc2ncnc(Nc3ccc(S(C)(=O)=O)nc3)c2C#N)CC1. The van der Waals surface area contributed by atoms with Crippen molar-refractivity contribution in [3.63, 3.8) is 0 Å². The summed E-state index contributed by atoms with van der Waals surface area (Å²) in [5.74, 6) is 0.342. The Morgan fingerprint density at radius 3 is 2.45 bits per heavy atom. The molecule has 11 nitrogen and oxygen atoms in total. The van der Waals surface area contributed by atoms with Crippen LogP contribution in [0.4, 0.5) is 16.3 Å². The number of ether oxygens (including phenoxy) is 2. The monoisotopic (exact) mass is 474 g/mol. The highest BCUT2D eigenvalue weighted by atomic mass is 32.2. The van der Waals surface area contributed by atoms with E-state index in [1.807, 2.05) is 26.8 Å². The maximum atomic E-state index is 12.2. The molecule has 33 heavy (non-hydrogen) atoms. The number of amides is 1. The van der Waals surface area contributed by atoms with Gasteiger partial charge < -0.3 is 19.7 Å². The summed E-state index contributed by atoms with van der Waals surface area (Å²) in [7, 11) is -3.42. The highest BCUT2D eigenvalue weighted by molar-refractivity contribution is 7.90. The molecule has 1 amide bonds. The molecule has 2 aromatic heterocycles. The van der Waals surface area contributed by atoms with Crippen LogP contribution in [0.1, 0.15) is 39.2 Å². The van der Waals surface area contributed by atoms with Crippen LogP contribution in [0.2, 0.25) is 0 Å². The van der Waals surface area contributed by atoms with Gasteiger partial charge in [-0.2, -0.15) is 5.26 Å². The molecule has 1 N–H and O–H groups in total. The number of piperidine rings is 1. The summed E-state index contributed by atoms with van der Waals surface area (Å²) in [6.07, 6.45) is 4.22. The van der Waals surface area contributed by atoms with Crippen molar-refractivity contribution < 1.29 is 22.7 Å². The molecule has 3 rings (SSSR count). The van der Waals surface area contributed by atoms with Crippen molar-refractivity contribution in [3.05, 3.63) is 30.2 Å². The predicted molar refractivity (Wildman–Crippen MR) is 119 cm³/mol. The van der Waals surface area contributed by atoms with Crippen molar-refractivity contribution in [2.45, 2.75) is 50.3 Å². The predicted octanol–water partition coefficient (Wildman–Crippen LogP) is 2.67. The third-order valence-corrected chi connectivity index (χ3v) is 5.68. The Balaban J connectivity index is 1.66. The van der Waals surface area contributed by atoms with E-state index in [1.165, 1.54) is 24.7 Å². The first kappa shape index (κ1) is 24.2. The minimum absolute atomic E-state index is 0.0574. The van der Waals surface area contributed by atoms with Gasteiger partial charge in [-0.3, -0.25) is 0 Å². The van der Waals surface area contributed by atoms with Crippen LogP contribution in [0.5, 0.6) is 5.88 Å². The van der Waals surface area contributed by atoms with E-state index in [9.17, 15) is 18.5 Å². The number of hydrogen-bond donors (Lipinski definition) is 1. The van der Waals surface area contributed by atoms with Crippen molar-refractivity contribution in [1.82, 2.24) is 19.9 Å². The topological polar surface area (TPSA) is 147 Å². The normalized spacial score (nSPS) is 14.9. The van der Waals surface area contributed by atoms with Crippen LogP contribution in [0.15, 0.2) is 29.7 Å². The van der Waals surface area contributed by atoms with E-state index >= 15 is 0 Å². The van der Waals surface area contributed by atoms with Crippen LogP contribution >= 0.6 is 0 Å². The molecule has 3 heterocycles. The van der Waals surface area contributed by atoms with E-state index in [2.05, 4.69) is 20.3 Å². The molecule has 12 heteroatoms. The Hall–Kier alpha value is -3.46. The minimum atomic E-state index is -3.42. The highest BCUT2D eigenvalue weighted by Gasteiger charge is 2.28. The summed E-state index contributed by atoms with van der Waals surface area (Å²) in [6, 6.07) is 4.94. The lowest BCUT2D eigenvalue weighted by atomic mass is 10.1. The zero-order valence-electron chi connectivity index (χ0n) is 18.9.